The molecule has 38 heteroatoms. The number of alkyl carbamates (subject to hydrolysis) is 2. The van der Waals surface area contributed by atoms with Crippen LogP contribution in [0.5, 0.6) is 23.5 Å². The Morgan fingerprint density at radius 3 is 1.00 bits per heavy atom. The number of aryl methyl sites for hydroxylation is 10. The number of nitrogens with two attached hydrogens (primary N) is 1. The number of ether oxygens (including phenoxy) is 6. The standard InChI is InChI=1S/C27H37N5O3S.C22H29N3O2S.C20H27N3O3S.C15H19N3OS.C11H21NO3.C9H7ClN2S.C6H10ClNO/c33-23(30-12-1-2-13-30)16-32(17-24(34)31-14-3-4-15-31)19-8-10-20(11-9-19)35-26-25-21-6-5-7-22(21)36-27(25)29-18-28-26;26-19(25-12-1-2-13-25)11-8-15-6-9-16(10-7-15)27-21-20-17-4-3-5-18(17)28-22(20)24-14-23-21;1-20(2,3)26-19(24)23-12-7-9-13(10-8-12)25-17-16-14-5-4-6-15(14)27-18(16)22-11-21-17;16-9-4-6-10(7-5-9)19-14-13-11-2-1-3-12(11)20-15(13)18-8-17-14;1-11(2,3)15-10(14)12-8-4-6-9(13)7-5-8;10-8-7-5-2-1-3-6(5)13-9(7)12-4-11-8;7-5-6(9)8-3-1-2-4-8/h18-20H,1-17H2;14-16H,1-13H2;11-13H,4-10H2,1-3H3,(H,23,24);8-10H,1-7,16H2;8-9,13H,4-7H2,1-3H3,(H,12,14);4H,1-3H2;1-5H2. The molecule has 0 unspecified atom stereocenters. The zero-order valence-corrected chi connectivity index (χ0v) is 92.8. The third kappa shape index (κ3) is 28.7. The number of carbonyl (C=O) groups is 6. The summed E-state index contributed by atoms with van der Waals surface area (Å²) >= 11 is 20.3. The second-order valence-electron chi connectivity index (χ2n) is 44.3. The number of fused-ring (bicyclic) bond motifs is 15. The second-order valence-corrected chi connectivity index (χ2v) is 50.4. The summed E-state index contributed by atoms with van der Waals surface area (Å²) in [5.41, 5.74) is 12.1. The molecule has 0 aromatic carbocycles. The van der Waals surface area contributed by atoms with Gasteiger partial charge >= 0.3 is 12.2 Å². The van der Waals surface area contributed by atoms with Crippen molar-refractivity contribution in [1.29, 1.82) is 0 Å². The van der Waals surface area contributed by atoms with Gasteiger partial charge in [0.2, 0.25) is 47.1 Å². The van der Waals surface area contributed by atoms with Crippen molar-refractivity contribution in [1.82, 2.24) is 85.0 Å². The van der Waals surface area contributed by atoms with E-state index in [4.69, 9.17) is 57.4 Å². The molecule has 24 rings (SSSR count). The van der Waals surface area contributed by atoms with Gasteiger partial charge in [-0.05, 0) is 358 Å². The monoisotopic (exact) mass is 2160 g/mol. The van der Waals surface area contributed by atoms with Crippen molar-refractivity contribution in [3.63, 3.8) is 0 Å². The fourth-order valence-corrected chi connectivity index (χ4v) is 30.1. The van der Waals surface area contributed by atoms with Crippen LogP contribution in [0.25, 0.3) is 51.1 Å². The van der Waals surface area contributed by atoms with Crippen LogP contribution in [-0.2, 0) is 92.9 Å². The van der Waals surface area contributed by atoms with Crippen molar-refractivity contribution in [3.05, 3.63) is 89.0 Å². The van der Waals surface area contributed by atoms with Crippen molar-refractivity contribution in [3.8, 4) is 23.5 Å². The molecular weight excluding hydrogens is 2010 g/mol. The average Bonchev–Trinajstić information content (AvgIpc) is 1.64. The molecule has 5 saturated carbocycles. The van der Waals surface area contributed by atoms with E-state index in [1.807, 2.05) is 78.9 Å². The molecule has 148 heavy (non-hydrogen) atoms. The molecular formula is C110H150Cl2N18O13S5. The number of aliphatic hydroxyl groups excluding tert-OH is 1. The molecule has 31 nitrogen and oxygen atoms in total. The van der Waals surface area contributed by atoms with E-state index in [0.717, 1.165) is 341 Å². The molecule has 0 radical (unpaired) electrons. The van der Waals surface area contributed by atoms with Gasteiger partial charge in [-0.2, -0.15) is 0 Å². The molecule has 0 bridgehead atoms. The number of hydrogen-bond acceptors (Lipinski definition) is 30. The lowest BCUT2D eigenvalue weighted by Crippen LogP contribution is -2.50. The van der Waals surface area contributed by atoms with Crippen molar-refractivity contribution < 1.29 is 62.3 Å². The number of carbonyl (C=O) groups excluding carboxylic acids is 6. The molecule has 5 N–H and O–H groups in total. The first-order valence-electron chi connectivity index (χ1n) is 55.1. The van der Waals surface area contributed by atoms with Crippen LogP contribution in [0.2, 0.25) is 5.15 Å². The topological polar surface area (TPSA) is 373 Å². The van der Waals surface area contributed by atoms with Gasteiger partial charge in [0.25, 0.3) is 0 Å². The Kier molecular flexibility index (Phi) is 37.8. The lowest BCUT2D eigenvalue weighted by Gasteiger charge is -2.37. The molecule has 4 saturated heterocycles. The molecule has 10 aliphatic carbocycles. The van der Waals surface area contributed by atoms with Crippen LogP contribution in [0.15, 0.2) is 31.6 Å². The van der Waals surface area contributed by atoms with Crippen molar-refractivity contribution in [2.75, 3.05) is 71.3 Å². The maximum absolute atomic E-state index is 13.0. The quantitative estimate of drug-likeness (QED) is 0.0431. The largest absolute Gasteiger partial charge is 0.474 e. The van der Waals surface area contributed by atoms with Gasteiger partial charge in [0.15, 0.2) is 0 Å². The zero-order chi connectivity index (χ0) is 103. The number of alkyl halides is 1. The van der Waals surface area contributed by atoms with E-state index < -0.39 is 11.2 Å². The van der Waals surface area contributed by atoms with E-state index in [1.165, 1.54) is 134 Å². The highest BCUT2D eigenvalue weighted by Gasteiger charge is 2.38. The molecule has 0 atom stereocenters. The number of rotatable bonds is 19. The van der Waals surface area contributed by atoms with Gasteiger partial charge in [0.1, 0.15) is 102 Å². The highest BCUT2D eigenvalue weighted by atomic mass is 35.5. The Morgan fingerprint density at radius 1 is 0.372 bits per heavy atom. The number of halogens is 2. The molecule has 0 spiro atoms. The third-order valence-corrected chi connectivity index (χ3v) is 37.8. The Balaban J connectivity index is 0.000000117. The summed E-state index contributed by atoms with van der Waals surface area (Å²) in [5, 5.41) is 21.4. The maximum atomic E-state index is 13.0. The number of thiophene rings is 5. The lowest BCUT2D eigenvalue weighted by atomic mass is 9.84. The summed E-state index contributed by atoms with van der Waals surface area (Å²) < 4.78 is 35.9. The number of hydrogen-bond donors (Lipinski definition) is 4. The Bertz CT molecular complexity index is 6130. The van der Waals surface area contributed by atoms with E-state index in [2.05, 4.69) is 70.3 Å². The van der Waals surface area contributed by atoms with Crippen LogP contribution in [-0.4, -0.2) is 252 Å². The zero-order valence-electron chi connectivity index (χ0n) is 87.2. The lowest BCUT2D eigenvalue weighted by molar-refractivity contribution is -0.136. The van der Waals surface area contributed by atoms with Crippen LogP contribution >= 0.6 is 79.9 Å². The minimum Gasteiger partial charge on any atom is -0.474 e. The molecule has 10 aromatic rings. The molecule has 14 heterocycles. The minimum absolute atomic E-state index is 0.0779. The first kappa shape index (κ1) is 109. The van der Waals surface area contributed by atoms with Crippen molar-refractivity contribution >= 4 is 167 Å². The van der Waals surface area contributed by atoms with Gasteiger partial charge < -0.3 is 69.5 Å². The summed E-state index contributed by atoms with van der Waals surface area (Å²) in [6, 6.07) is 0.892. The number of aliphatic hydroxyl groups is 1. The molecule has 10 aromatic heterocycles. The van der Waals surface area contributed by atoms with Crippen molar-refractivity contribution in [2.24, 2.45) is 11.7 Å². The predicted molar refractivity (Wildman–Crippen MR) is 585 cm³/mol. The van der Waals surface area contributed by atoms with Gasteiger partial charge in [0, 0.05) is 107 Å². The number of amides is 6. The van der Waals surface area contributed by atoms with Gasteiger partial charge in [-0.1, -0.05) is 11.6 Å². The van der Waals surface area contributed by atoms with E-state index in [0.29, 0.717) is 36.1 Å². The Morgan fingerprint density at radius 2 is 0.662 bits per heavy atom. The first-order chi connectivity index (χ1) is 71.7. The maximum Gasteiger partial charge on any atom is 0.407 e. The molecule has 802 valence electrons. The predicted octanol–water partition coefficient (Wildman–Crippen LogP) is 20.7. The second kappa shape index (κ2) is 51.3. The fourth-order valence-electron chi connectivity index (χ4n) is 23.5. The number of nitrogens with zero attached hydrogens (tertiary/aromatic N) is 15. The summed E-state index contributed by atoms with van der Waals surface area (Å²) in [6.45, 7) is 19.0. The molecule has 4 aliphatic heterocycles. The van der Waals surface area contributed by atoms with E-state index in [9.17, 15) is 33.9 Å². The number of likely N-dealkylation sites (tertiary alicyclic amines) is 4. The summed E-state index contributed by atoms with van der Waals surface area (Å²) in [4.78, 5) is 139. The minimum atomic E-state index is -0.469. The van der Waals surface area contributed by atoms with Crippen LogP contribution in [0, 0.1) is 5.92 Å². The summed E-state index contributed by atoms with van der Waals surface area (Å²) in [5.74, 6) is 4.69. The van der Waals surface area contributed by atoms with Crippen LogP contribution in [0.3, 0.4) is 0 Å². The Labute approximate surface area is 899 Å². The van der Waals surface area contributed by atoms with Crippen LogP contribution in [0.4, 0.5) is 9.59 Å². The van der Waals surface area contributed by atoms with Gasteiger partial charge in [-0.25, -0.2) is 59.4 Å². The molecule has 6 amide bonds. The summed E-state index contributed by atoms with van der Waals surface area (Å²) in [7, 11) is 0. The first-order valence-corrected chi connectivity index (χ1v) is 60.1. The van der Waals surface area contributed by atoms with Crippen LogP contribution < -0.4 is 35.3 Å². The normalized spacial score (nSPS) is 23.3. The fraction of sp³-hybridized carbons (Fsp3) is 0.673. The highest BCUT2D eigenvalue weighted by molar-refractivity contribution is 7.20. The Hall–Kier alpha value is -8.72. The number of nitrogens with one attached hydrogen (secondary N) is 2. The van der Waals surface area contributed by atoms with Crippen LogP contribution in [0.1, 0.15) is 318 Å². The molecule has 9 fully saturated rings. The smallest absolute Gasteiger partial charge is 0.407 e. The van der Waals surface area contributed by atoms with E-state index in [-0.39, 0.29) is 84.4 Å². The van der Waals surface area contributed by atoms with E-state index >= 15 is 0 Å². The van der Waals surface area contributed by atoms with Gasteiger partial charge in [0.05, 0.1) is 46.1 Å². The highest BCUT2D eigenvalue weighted by Crippen LogP contribution is 2.47. The van der Waals surface area contributed by atoms with Gasteiger partial charge in [-0.15, -0.1) is 68.3 Å². The summed E-state index contributed by atoms with van der Waals surface area (Å²) in [6.07, 6.45) is 55.5. The van der Waals surface area contributed by atoms with Gasteiger partial charge in [-0.3, -0.25) is 24.1 Å². The third-order valence-electron chi connectivity index (χ3n) is 31.3. The number of aromatic nitrogens is 10. The van der Waals surface area contributed by atoms with Crippen molar-refractivity contribution in [2.45, 2.75) is 396 Å². The SMILES string of the molecule is CC(C)(C)OC(=O)NC1CCC(O)CC1.CC(C)(C)OC(=O)NC1CCC(Oc2ncnc3sc4c(c23)CCC4)CC1.Clc1ncnc2sc3c(c12)CCC3.NC1CCC(Oc2ncnc3sc4c(c23)CCC4)CC1.O=C(CCC1CCC(Oc2ncnc3sc4c(c23)CCC4)CC1)N1CCCC1.O=C(CCl)N1CCCC1.O=C(CN(CC(=O)N1CCCC1)C1CCC(Oc2ncnc3sc4c(c23)CCC4)CC1)N1CCCC1. The average molecular weight is 2160 g/mol. The van der Waals surface area contributed by atoms with E-state index in [1.54, 1.807) is 59.3 Å². The molecule has 14 aliphatic rings.